The van der Waals surface area contributed by atoms with Crippen LogP contribution in [-0.2, 0) is 4.79 Å². The molecule has 6 heteroatoms. The van der Waals surface area contributed by atoms with Crippen LogP contribution in [0.5, 0.6) is 0 Å². The standard InChI is InChI=1S/C12H23N3O2S/c1-8(2)10(11(13)15-17)12(16)14-7-9-3-5-18-6-4-9/h8-10,17H,3-7H2,1-2H3,(H2,13,15)(H,14,16). The molecule has 1 rings (SSSR count). The summed E-state index contributed by atoms with van der Waals surface area (Å²) in [5.41, 5.74) is 5.56. The zero-order chi connectivity index (χ0) is 13.5. The number of amidine groups is 1. The maximum atomic E-state index is 12.0. The molecule has 0 aliphatic carbocycles. The lowest BCUT2D eigenvalue weighted by Crippen LogP contribution is -2.43. The van der Waals surface area contributed by atoms with E-state index in [1.165, 1.54) is 11.5 Å². The highest BCUT2D eigenvalue weighted by Gasteiger charge is 2.27. The molecule has 1 atom stereocenters. The van der Waals surface area contributed by atoms with Crippen LogP contribution in [0.3, 0.4) is 0 Å². The van der Waals surface area contributed by atoms with Crippen LogP contribution in [0.15, 0.2) is 5.16 Å². The molecule has 0 saturated carbocycles. The fourth-order valence-corrected chi connectivity index (χ4v) is 3.35. The van der Waals surface area contributed by atoms with Gasteiger partial charge in [-0.2, -0.15) is 11.8 Å². The molecule has 1 aliphatic heterocycles. The molecule has 1 fully saturated rings. The quantitative estimate of drug-likeness (QED) is 0.304. The molecular weight excluding hydrogens is 250 g/mol. The highest BCUT2D eigenvalue weighted by atomic mass is 32.2. The number of nitrogens with zero attached hydrogens (tertiary/aromatic N) is 1. The third-order valence-corrected chi connectivity index (χ3v) is 4.34. The summed E-state index contributed by atoms with van der Waals surface area (Å²) >= 11 is 1.97. The van der Waals surface area contributed by atoms with Gasteiger partial charge in [-0.05, 0) is 36.2 Å². The van der Waals surface area contributed by atoms with Gasteiger partial charge in [0.25, 0.3) is 0 Å². The molecule has 0 aromatic rings. The van der Waals surface area contributed by atoms with Gasteiger partial charge in [-0.15, -0.1) is 0 Å². The van der Waals surface area contributed by atoms with Gasteiger partial charge in [0.2, 0.25) is 5.91 Å². The second-order valence-electron chi connectivity index (χ2n) is 5.05. The number of nitrogens with two attached hydrogens (primary N) is 1. The minimum Gasteiger partial charge on any atom is -0.409 e. The van der Waals surface area contributed by atoms with Crippen LogP contribution in [0.1, 0.15) is 26.7 Å². The van der Waals surface area contributed by atoms with Gasteiger partial charge in [-0.3, -0.25) is 4.79 Å². The van der Waals surface area contributed by atoms with Crippen molar-refractivity contribution in [2.75, 3.05) is 18.1 Å². The van der Waals surface area contributed by atoms with Crippen molar-refractivity contribution in [2.45, 2.75) is 26.7 Å². The zero-order valence-electron chi connectivity index (χ0n) is 11.1. The van der Waals surface area contributed by atoms with Crippen LogP contribution in [0.4, 0.5) is 0 Å². The lowest BCUT2D eigenvalue weighted by molar-refractivity contribution is -0.124. The maximum Gasteiger partial charge on any atom is 0.231 e. The van der Waals surface area contributed by atoms with E-state index in [-0.39, 0.29) is 17.7 Å². The van der Waals surface area contributed by atoms with Crippen LogP contribution in [0, 0.1) is 17.8 Å². The first-order chi connectivity index (χ1) is 8.56. The van der Waals surface area contributed by atoms with Crippen molar-refractivity contribution in [3.63, 3.8) is 0 Å². The minimum atomic E-state index is -0.548. The molecule has 104 valence electrons. The van der Waals surface area contributed by atoms with Crippen LogP contribution in [-0.4, -0.2) is 35.0 Å². The summed E-state index contributed by atoms with van der Waals surface area (Å²) in [6, 6.07) is 0. The Bertz CT molecular complexity index is 302. The van der Waals surface area contributed by atoms with Gasteiger partial charge in [0.15, 0.2) is 5.84 Å². The molecule has 0 aromatic carbocycles. The summed E-state index contributed by atoms with van der Waals surface area (Å²) in [6.45, 7) is 4.47. The predicted octanol–water partition coefficient (Wildman–Crippen LogP) is 1.26. The highest BCUT2D eigenvalue weighted by molar-refractivity contribution is 7.99. The number of carbonyl (C=O) groups excluding carboxylic acids is 1. The number of hydrogen-bond donors (Lipinski definition) is 3. The van der Waals surface area contributed by atoms with Crippen molar-refractivity contribution in [1.29, 1.82) is 0 Å². The van der Waals surface area contributed by atoms with E-state index < -0.39 is 5.92 Å². The number of hydrogen-bond acceptors (Lipinski definition) is 4. The molecule has 0 bridgehead atoms. The van der Waals surface area contributed by atoms with Crippen LogP contribution in [0.2, 0.25) is 0 Å². The van der Waals surface area contributed by atoms with Crippen molar-refractivity contribution in [3.8, 4) is 0 Å². The summed E-state index contributed by atoms with van der Waals surface area (Å²) in [4.78, 5) is 12.0. The number of amides is 1. The number of carbonyl (C=O) groups is 1. The van der Waals surface area contributed by atoms with Gasteiger partial charge < -0.3 is 16.3 Å². The van der Waals surface area contributed by atoms with Crippen LogP contribution >= 0.6 is 11.8 Å². The Morgan fingerprint density at radius 1 is 1.50 bits per heavy atom. The third kappa shape index (κ3) is 4.40. The van der Waals surface area contributed by atoms with E-state index in [1.54, 1.807) is 0 Å². The Morgan fingerprint density at radius 3 is 2.61 bits per heavy atom. The summed E-state index contributed by atoms with van der Waals surface area (Å²) in [6.07, 6.45) is 2.31. The van der Waals surface area contributed by atoms with Crippen molar-refractivity contribution >= 4 is 23.5 Å². The van der Waals surface area contributed by atoms with E-state index >= 15 is 0 Å². The Hall–Kier alpha value is -0.910. The van der Waals surface area contributed by atoms with Crippen molar-refractivity contribution in [2.24, 2.45) is 28.6 Å². The molecule has 1 amide bonds. The largest absolute Gasteiger partial charge is 0.409 e. The van der Waals surface area contributed by atoms with Gasteiger partial charge in [0.05, 0.1) is 0 Å². The van der Waals surface area contributed by atoms with Crippen molar-refractivity contribution in [1.82, 2.24) is 5.32 Å². The average molecular weight is 273 g/mol. The Labute approximate surface area is 113 Å². The van der Waals surface area contributed by atoms with E-state index in [0.29, 0.717) is 12.5 Å². The molecular formula is C12H23N3O2S. The summed E-state index contributed by atoms with van der Waals surface area (Å²) < 4.78 is 0. The smallest absolute Gasteiger partial charge is 0.231 e. The fraction of sp³-hybridized carbons (Fsp3) is 0.833. The highest BCUT2D eigenvalue weighted by Crippen LogP contribution is 2.22. The Morgan fingerprint density at radius 2 is 2.11 bits per heavy atom. The molecule has 1 heterocycles. The molecule has 0 radical (unpaired) electrons. The van der Waals surface area contributed by atoms with Gasteiger partial charge in [-0.25, -0.2) is 0 Å². The number of rotatable bonds is 5. The lowest BCUT2D eigenvalue weighted by atomic mass is 9.93. The summed E-state index contributed by atoms with van der Waals surface area (Å²) in [7, 11) is 0. The van der Waals surface area contributed by atoms with Gasteiger partial charge in [0, 0.05) is 6.54 Å². The summed E-state index contributed by atoms with van der Waals surface area (Å²) in [5, 5.41) is 14.6. The fourth-order valence-electron chi connectivity index (χ4n) is 2.15. The number of oxime groups is 1. The first-order valence-electron chi connectivity index (χ1n) is 6.39. The van der Waals surface area contributed by atoms with Crippen LogP contribution < -0.4 is 11.1 Å². The van der Waals surface area contributed by atoms with Crippen molar-refractivity contribution < 1.29 is 10.0 Å². The average Bonchev–Trinajstić information content (AvgIpc) is 2.37. The second-order valence-corrected chi connectivity index (χ2v) is 6.27. The molecule has 1 aliphatic rings. The van der Waals surface area contributed by atoms with E-state index in [2.05, 4.69) is 10.5 Å². The summed E-state index contributed by atoms with van der Waals surface area (Å²) in [5.74, 6) is 2.23. The van der Waals surface area contributed by atoms with Crippen LogP contribution in [0.25, 0.3) is 0 Å². The first kappa shape index (κ1) is 15.1. The molecule has 1 saturated heterocycles. The lowest BCUT2D eigenvalue weighted by Gasteiger charge is -2.24. The molecule has 1 unspecified atom stereocenters. The maximum absolute atomic E-state index is 12.0. The SMILES string of the molecule is CC(C)C(C(=O)NCC1CCSCC1)C(N)=NO. The molecule has 4 N–H and O–H groups in total. The van der Waals surface area contributed by atoms with E-state index in [0.717, 1.165) is 12.8 Å². The molecule has 0 spiro atoms. The number of thioether (sulfide) groups is 1. The minimum absolute atomic E-state index is 0.0123. The topological polar surface area (TPSA) is 87.7 Å². The monoisotopic (exact) mass is 273 g/mol. The number of nitrogens with one attached hydrogen (secondary N) is 1. The van der Waals surface area contributed by atoms with E-state index in [1.807, 2.05) is 25.6 Å². The van der Waals surface area contributed by atoms with Gasteiger partial charge >= 0.3 is 0 Å². The molecule has 0 aromatic heterocycles. The van der Waals surface area contributed by atoms with E-state index in [9.17, 15) is 4.79 Å². The second kappa shape index (κ2) is 7.51. The van der Waals surface area contributed by atoms with Crippen molar-refractivity contribution in [3.05, 3.63) is 0 Å². The third-order valence-electron chi connectivity index (χ3n) is 3.29. The van der Waals surface area contributed by atoms with Gasteiger partial charge in [-0.1, -0.05) is 19.0 Å². The molecule has 18 heavy (non-hydrogen) atoms. The Kier molecular flexibility index (Phi) is 6.32. The zero-order valence-corrected chi connectivity index (χ0v) is 11.9. The Balaban J connectivity index is 2.46. The predicted molar refractivity (Wildman–Crippen MR) is 74.8 cm³/mol. The first-order valence-corrected chi connectivity index (χ1v) is 7.54. The molecule has 5 nitrogen and oxygen atoms in total. The van der Waals surface area contributed by atoms with E-state index in [4.69, 9.17) is 10.9 Å². The van der Waals surface area contributed by atoms with Gasteiger partial charge in [0.1, 0.15) is 5.92 Å². The normalized spacial score (nSPS) is 19.8.